The molecule has 16 heavy (non-hydrogen) atoms. The fourth-order valence-electron chi connectivity index (χ4n) is 3.37. The molecule has 2 aliphatic carbocycles. The monoisotopic (exact) mass is 218 g/mol. The average Bonchev–Trinajstić information content (AvgIpc) is 2.24. The van der Waals surface area contributed by atoms with Crippen molar-refractivity contribution in [1.82, 2.24) is 0 Å². The van der Waals surface area contributed by atoms with Crippen LogP contribution in [0.3, 0.4) is 0 Å². The normalized spacial score (nSPS) is 31.4. The van der Waals surface area contributed by atoms with Gasteiger partial charge in [0.05, 0.1) is 0 Å². The van der Waals surface area contributed by atoms with Gasteiger partial charge in [-0.25, -0.2) is 0 Å². The Morgan fingerprint density at radius 2 is 1.81 bits per heavy atom. The lowest BCUT2D eigenvalue weighted by atomic mass is 9.55. The van der Waals surface area contributed by atoms with Gasteiger partial charge in [0.2, 0.25) is 0 Å². The maximum atomic E-state index is 2.46. The van der Waals surface area contributed by atoms with Crippen LogP contribution >= 0.6 is 0 Å². The Kier molecular flexibility index (Phi) is 2.80. The van der Waals surface area contributed by atoms with E-state index in [1.54, 1.807) is 11.1 Å². The minimum Gasteiger partial charge on any atom is -0.0699 e. The molecule has 2 rings (SSSR count). The molecule has 0 aromatic heterocycles. The molecule has 0 heterocycles. The second-order valence-electron chi connectivity index (χ2n) is 6.93. The summed E-state index contributed by atoms with van der Waals surface area (Å²) in [6.07, 6.45) is 10.1. The molecule has 0 radical (unpaired) electrons. The Balaban J connectivity index is 2.38. The molecule has 0 heteroatoms. The van der Waals surface area contributed by atoms with Gasteiger partial charge in [0, 0.05) is 0 Å². The number of rotatable bonds is 1. The van der Waals surface area contributed by atoms with Crippen molar-refractivity contribution in [2.24, 2.45) is 16.7 Å². The fourth-order valence-corrected chi connectivity index (χ4v) is 3.37. The van der Waals surface area contributed by atoms with Crippen molar-refractivity contribution < 1.29 is 0 Å². The van der Waals surface area contributed by atoms with Crippen LogP contribution in [0.15, 0.2) is 23.3 Å². The van der Waals surface area contributed by atoms with Gasteiger partial charge in [-0.15, -0.1) is 0 Å². The van der Waals surface area contributed by atoms with E-state index in [0.717, 1.165) is 5.92 Å². The quantitative estimate of drug-likeness (QED) is 0.573. The first-order valence-electron chi connectivity index (χ1n) is 6.77. The minimum atomic E-state index is 0.427. The molecule has 0 amide bonds. The Bertz CT molecular complexity index is 339. The maximum Gasteiger partial charge on any atom is -0.0106 e. The molecule has 1 saturated carbocycles. The highest BCUT2D eigenvalue weighted by Gasteiger charge is 2.44. The molecule has 2 aliphatic rings. The van der Waals surface area contributed by atoms with E-state index in [1.165, 1.54) is 25.7 Å². The van der Waals surface area contributed by atoms with E-state index in [-0.39, 0.29) is 0 Å². The van der Waals surface area contributed by atoms with Crippen LogP contribution in [0.25, 0.3) is 0 Å². The van der Waals surface area contributed by atoms with Crippen molar-refractivity contribution in [2.75, 3.05) is 0 Å². The van der Waals surface area contributed by atoms with Gasteiger partial charge in [0.15, 0.2) is 0 Å². The molecule has 0 saturated heterocycles. The van der Waals surface area contributed by atoms with Crippen molar-refractivity contribution in [1.29, 1.82) is 0 Å². The zero-order chi connectivity index (χ0) is 12.0. The highest BCUT2D eigenvalue weighted by molar-refractivity contribution is 5.33. The van der Waals surface area contributed by atoms with E-state index < -0.39 is 0 Å². The van der Waals surface area contributed by atoms with Crippen LogP contribution in [0.4, 0.5) is 0 Å². The summed E-state index contributed by atoms with van der Waals surface area (Å²) in [7, 11) is 0. The summed E-state index contributed by atoms with van der Waals surface area (Å²) in [4.78, 5) is 0. The molecule has 90 valence electrons. The summed E-state index contributed by atoms with van der Waals surface area (Å²) < 4.78 is 0. The lowest BCUT2D eigenvalue weighted by Gasteiger charge is -2.50. The van der Waals surface area contributed by atoms with Gasteiger partial charge in [-0.1, -0.05) is 57.9 Å². The zero-order valence-electron chi connectivity index (χ0n) is 11.6. The van der Waals surface area contributed by atoms with Crippen LogP contribution < -0.4 is 0 Å². The zero-order valence-corrected chi connectivity index (χ0v) is 11.6. The van der Waals surface area contributed by atoms with Crippen LogP contribution in [0.2, 0.25) is 0 Å². The predicted molar refractivity (Wildman–Crippen MR) is 71.4 cm³/mol. The number of fused-ring (bicyclic) bond motifs is 1. The molecule has 0 nitrogen and oxygen atoms in total. The fraction of sp³-hybridized carbons (Fsp3) is 0.750. The van der Waals surface area contributed by atoms with E-state index in [0.29, 0.717) is 10.8 Å². The third kappa shape index (κ3) is 1.87. The molecule has 0 spiro atoms. The summed E-state index contributed by atoms with van der Waals surface area (Å²) in [5.41, 5.74) is 4.27. The molecule has 1 unspecified atom stereocenters. The summed E-state index contributed by atoms with van der Waals surface area (Å²) in [6.45, 7) is 12.0. The van der Waals surface area contributed by atoms with Gasteiger partial charge < -0.3 is 0 Å². The van der Waals surface area contributed by atoms with Crippen molar-refractivity contribution >= 4 is 0 Å². The summed E-state index contributed by atoms with van der Waals surface area (Å²) >= 11 is 0. The van der Waals surface area contributed by atoms with Crippen molar-refractivity contribution in [3.05, 3.63) is 23.3 Å². The first kappa shape index (κ1) is 12.0. The van der Waals surface area contributed by atoms with E-state index in [1.807, 2.05) is 0 Å². The average molecular weight is 218 g/mol. The molecular formula is C16H26. The molecule has 0 aromatic rings. The van der Waals surface area contributed by atoms with Crippen molar-refractivity contribution in [2.45, 2.75) is 60.3 Å². The van der Waals surface area contributed by atoms with Gasteiger partial charge in [-0.3, -0.25) is 0 Å². The summed E-state index contributed by atoms with van der Waals surface area (Å²) in [5, 5.41) is 0. The predicted octanol–water partition coefficient (Wildman–Crippen LogP) is 5.12. The molecule has 1 fully saturated rings. The number of allylic oxidation sites excluding steroid dienone is 4. The van der Waals surface area contributed by atoms with Crippen LogP contribution in [-0.4, -0.2) is 0 Å². The lowest BCUT2D eigenvalue weighted by molar-refractivity contribution is 0.121. The van der Waals surface area contributed by atoms with Gasteiger partial charge in [-0.2, -0.15) is 0 Å². The molecule has 0 bridgehead atoms. The summed E-state index contributed by atoms with van der Waals surface area (Å²) in [5.74, 6) is 0.788. The third-order valence-electron chi connectivity index (χ3n) is 4.91. The van der Waals surface area contributed by atoms with Gasteiger partial charge in [0.25, 0.3) is 0 Å². The van der Waals surface area contributed by atoms with Crippen molar-refractivity contribution in [3.63, 3.8) is 0 Å². The second kappa shape index (κ2) is 3.75. The number of hydrogen-bond acceptors (Lipinski definition) is 0. The maximum absolute atomic E-state index is 2.46. The van der Waals surface area contributed by atoms with Gasteiger partial charge in [0.1, 0.15) is 0 Å². The lowest BCUT2D eigenvalue weighted by Crippen LogP contribution is -2.39. The van der Waals surface area contributed by atoms with Crippen LogP contribution in [-0.2, 0) is 0 Å². The first-order chi connectivity index (χ1) is 7.37. The minimum absolute atomic E-state index is 0.427. The largest absolute Gasteiger partial charge is 0.0699 e. The van der Waals surface area contributed by atoms with Crippen LogP contribution in [0, 0.1) is 16.7 Å². The molecule has 0 aromatic carbocycles. The Hall–Kier alpha value is -0.520. The Labute approximate surface area is 101 Å². The van der Waals surface area contributed by atoms with E-state index in [2.05, 4.69) is 46.8 Å². The van der Waals surface area contributed by atoms with E-state index in [4.69, 9.17) is 0 Å². The van der Waals surface area contributed by atoms with E-state index in [9.17, 15) is 0 Å². The molecular weight excluding hydrogens is 192 g/mol. The molecule has 1 atom stereocenters. The van der Waals surface area contributed by atoms with Gasteiger partial charge >= 0.3 is 0 Å². The highest BCUT2D eigenvalue weighted by atomic mass is 14.5. The van der Waals surface area contributed by atoms with Crippen LogP contribution in [0.1, 0.15) is 60.3 Å². The molecule has 0 N–H and O–H groups in total. The molecule has 0 aliphatic heterocycles. The Morgan fingerprint density at radius 1 is 1.12 bits per heavy atom. The standard InChI is InChI=1S/C16H26/c1-6-12-7-8-13-14(11-12)16(4,5)10-9-15(13,2)3/h7-8,14H,6,9-11H2,1-5H3. The van der Waals surface area contributed by atoms with E-state index >= 15 is 0 Å². The summed E-state index contributed by atoms with van der Waals surface area (Å²) in [6, 6.07) is 0. The van der Waals surface area contributed by atoms with Gasteiger partial charge in [-0.05, 0) is 42.4 Å². The third-order valence-corrected chi connectivity index (χ3v) is 4.91. The highest BCUT2D eigenvalue weighted by Crippen LogP contribution is 2.55. The topological polar surface area (TPSA) is 0 Å². The number of hydrogen-bond donors (Lipinski definition) is 0. The first-order valence-corrected chi connectivity index (χ1v) is 6.77. The van der Waals surface area contributed by atoms with Crippen molar-refractivity contribution in [3.8, 4) is 0 Å². The van der Waals surface area contributed by atoms with Crippen LogP contribution in [0.5, 0.6) is 0 Å². The SMILES string of the molecule is CCC1=CC=C2C(C1)C(C)(C)CCC2(C)C. The smallest absolute Gasteiger partial charge is 0.0106 e. The Morgan fingerprint density at radius 3 is 2.44 bits per heavy atom. The second-order valence-corrected chi connectivity index (χ2v) is 6.93.